The highest BCUT2D eigenvalue weighted by Gasteiger charge is 2.29. The number of methoxy groups -OCH3 is 1. The van der Waals surface area contributed by atoms with Gasteiger partial charge in [-0.15, -0.1) is 0 Å². The van der Waals surface area contributed by atoms with Crippen molar-refractivity contribution in [3.63, 3.8) is 0 Å². The molecule has 0 saturated carbocycles. The van der Waals surface area contributed by atoms with E-state index in [1.165, 1.54) is 7.11 Å². The quantitative estimate of drug-likeness (QED) is 0.516. The summed E-state index contributed by atoms with van der Waals surface area (Å²) >= 11 is 6.14. The lowest BCUT2D eigenvalue weighted by atomic mass is 10.0. The first-order valence-corrected chi connectivity index (χ1v) is 11.6. The molecular formula is C27H28ClN3O3. The molecule has 3 aromatic rings. The van der Waals surface area contributed by atoms with Crippen molar-refractivity contribution in [2.45, 2.75) is 18.9 Å². The maximum Gasteiger partial charge on any atom is 0.262 e. The third-order valence-electron chi connectivity index (χ3n) is 6.12. The summed E-state index contributed by atoms with van der Waals surface area (Å²) in [6, 6.07) is 20.2. The van der Waals surface area contributed by atoms with Crippen LogP contribution in [0.25, 0.3) is 0 Å². The Morgan fingerprint density at radius 3 is 2.50 bits per heavy atom. The molecule has 7 heteroatoms. The molecule has 0 spiro atoms. The largest absolute Gasteiger partial charge is 0.496 e. The maximum atomic E-state index is 13.7. The number of hydrogen-bond acceptors (Lipinski definition) is 4. The van der Waals surface area contributed by atoms with Crippen molar-refractivity contribution in [1.29, 1.82) is 0 Å². The molecule has 0 bridgehead atoms. The second-order valence-corrected chi connectivity index (χ2v) is 8.89. The molecule has 0 aliphatic carbocycles. The first kappa shape index (κ1) is 23.8. The second-order valence-electron chi connectivity index (χ2n) is 8.49. The molecule has 1 heterocycles. The van der Waals surface area contributed by atoms with E-state index < -0.39 is 0 Å². The van der Waals surface area contributed by atoms with Crippen molar-refractivity contribution >= 4 is 34.8 Å². The number of hydrogen-bond donors (Lipinski definition) is 1. The van der Waals surface area contributed by atoms with Gasteiger partial charge in [0.1, 0.15) is 5.75 Å². The fourth-order valence-electron chi connectivity index (χ4n) is 4.42. The minimum atomic E-state index is -0.331. The van der Waals surface area contributed by atoms with E-state index in [9.17, 15) is 9.59 Å². The lowest BCUT2D eigenvalue weighted by molar-refractivity contribution is 0.0983. The number of carbonyl (C=O) groups is 2. The number of fused-ring (bicyclic) bond motifs is 1. The Bertz CT molecular complexity index is 1210. The number of carbonyl (C=O) groups excluding carboxylic acids is 2. The van der Waals surface area contributed by atoms with E-state index in [0.717, 1.165) is 24.1 Å². The van der Waals surface area contributed by atoms with Crippen molar-refractivity contribution in [1.82, 2.24) is 4.90 Å². The maximum absolute atomic E-state index is 13.7. The Morgan fingerprint density at radius 1 is 1.03 bits per heavy atom. The van der Waals surface area contributed by atoms with Crippen LogP contribution in [0.3, 0.4) is 0 Å². The van der Waals surface area contributed by atoms with E-state index in [1.807, 2.05) is 23.1 Å². The zero-order valence-electron chi connectivity index (χ0n) is 19.5. The molecule has 4 rings (SSSR count). The average molecular weight is 478 g/mol. The zero-order valence-corrected chi connectivity index (χ0v) is 20.3. The van der Waals surface area contributed by atoms with Crippen LogP contribution in [-0.2, 0) is 0 Å². The second kappa shape index (κ2) is 10.3. The fraction of sp³-hybridized carbons (Fsp3) is 0.259. The van der Waals surface area contributed by atoms with Gasteiger partial charge in [0.05, 0.1) is 23.3 Å². The summed E-state index contributed by atoms with van der Waals surface area (Å²) < 4.78 is 5.55. The number of ether oxygens (including phenoxy) is 1. The number of para-hydroxylation sites is 1. The van der Waals surface area contributed by atoms with Gasteiger partial charge in [-0.05, 0) is 62.8 Å². The Balaban J connectivity index is 1.63. The topological polar surface area (TPSA) is 61.9 Å². The van der Waals surface area contributed by atoms with Crippen molar-refractivity contribution in [3.8, 4) is 5.75 Å². The highest BCUT2D eigenvalue weighted by molar-refractivity contribution is 6.34. The lowest BCUT2D eigenvalue weighted by Gasteiger charge is -2.27. The molecule has 1 N–H and O–H groups in total. The molecule has 0 radical (unpaired) electrons. The van der Waals surface area contributed by atoms with Crippen LogP contribution in [0.15, 0.2) is 66.7 Å². The standard InChI is InChI=1S/C27H28ClN3O3/c1-30(2)23-13-8-16-31(24-12-7-5-10-20(23)24)27(33)21-15-14-18(17-25(21)34-3)29-26(32)19-9-4-6-11-22(19)28/h4-7,9-12,14-15,17,23H,8,13,16H2,1-3H3,(H,29,32). The van der Waals surface area contributed by atoms with E-state index >= 15 is 0 Å². The van der Waals surface area contributed by atoms with Gasteiger partial charge in [0, 0.05) is 30.0 Å². The van der Waals surface area contributed by atoms with E-state index in [-0.39, 0.29) is 17.9 Å². The van der Waals surface area contributed by atoms with Crippen molar-refractivity contribution in [3.05, 3.63) is 88.4 Å². The van der Waals surface area contributed by atoms with Gasteiger partial charge < -0.3 is 19.9 Å². The lowest BCUT2D eigenvalue weighted by Crippen LogP contribution is -2.32. The van der Waals surface area contributed by atoms with Gasteiger partial charge in [0.25, 0.3) is 11.8 Å². The Morgan fingerprint density at radius 2 is 1.76 bits per heavy atom. The van der Waals surface area contributed by atoms with Gasteiger partial charge in [-0.2, -0.15) is 0 Å². The SMILES string of the molecule is COc1cc(NC(=O)c2ccccc2Cl)ccc1C(=O)N1CCCC(N(C)C)c2ccccc21. The summed E-state index contributed by atoms with van der Waals surface area (Å²) in [6.45, 7) is 0.619. The molecule has 2 amide bonds. The first-order chi connectivity index (χ1) is 16.4. The Hall–Kier alpha value is -3.35. The van der Waals surface area contributed by atoms with Crippen LogP contribution in [0, 0.1) is 0 Å². The van der Waals surface area contributed by atoms with E-state index in [2.05, 4.69) is 30.4 Å². The van der Waals surface area contributed by atoms with Crippen molar-refractivity contribution in [2.75, 3.05) is 38.0 Å². The number of rotatable bonds is 5. The van der Waals surface area contributed by atoms with Gasteiger partial charge >= 0.3 is 0 Å². The van der Waals surface area contributed by atoms with Crippen LogP contribution in [0.5, 0.6) is 5.75 Å². The third-order valence-corrected chi connectivity index (χ3v) is 6.45. The van der Waals surface area contributed by atoms with E-state index in [0.29, 0.717) is 34.1 Å². The van der Waals surface area contributed by atoms with Crippen LogP contribution in [0.4, 0.5) is 11.4 Å². The number of benzene rings is 3. The van der Waals surface area contributed by atoms with E-state index in [1.54, 1.807) is 42.5 Å². The summed E-state index contributed by atoms with van der Waals surface area (Å²) in [7, 11) is 5.65. The van der Waals surface area contributed by atoms with Gasteiger partial charge in [-0.3, -0.25) is 9.59 Å². The normalized spacial score (nSPS) is 15.4. The molecule has 1 aliphatic rings. The third kappa shape index (κ3) is 4.79. The van der Waals surface area contributed by atoms with Gasteiger partial charge in [-0.25, -0.2) is 0 Å². The average Bonchev–Trinajstić information content (AvgIpc) is 3.03. The monoisotopic (exact) mass is 477 g/mol. The molecule has 1 atom stereocenters. The highest BCUT2D eigenvalue weighted by atomic mass is 35.5. The predicted octanol–water partition coefficient (Wildman–Crippen LogP) is 5.64. The molecule has 1 unspecified atom stereocenters. The smallest absolute Gasteiger partial charge is 0.262 e. The van der Waals surface area contributed by atoms with Gasteiger partial charge in [-0.1, -0.05) is 41.9 Å². The fourth-order valence-corrected chi connectivity index (χ4v) is 4.64. The number of anilines is 2. The molecule has 34 heavy (non-hydrogen) atoms. The number of amides is 2. The molecular weight excluding hydrogens is 450 g/mol. The van der Waals surface area contributed by atoms with E-state index in [4.69, 9.17) is 16.3 Å². The van der Waals surface area contributed by atoms with Crippen LogP contribution < -0.4 is 15.0 Å². The van der Waals surface area contributed by atoms with Crippen molar-refractivity contribution < 1.29 is 14.3 Å². The van der Waals surface area contributed by atoms with Crippen molar-refractivity contribution in [2.24, 2.45) is 0 Å². The Kier molecular flexibility index (Phi) is 7.20. The summed E-state index contributed by atoms with van der Waals surface area (Å²) in [5.41, 5.74) is 3.39. The van der Waals surface area contributed by atoms with Gasteiger partial charge in [0.2, 0.25) is 0 Å². The molecule has 0 saturated heterocycles. The van der Waals surface area contributed by atoms with Crippen LogP contribution in [0.2, 0.25) is 5.02 Å². The van der Waals surface area contributed by atoms with Crippen LogP contribution in [0.1, 0.15) is 45.2 Å². The molecule has 0 aromatic heterocycles. The number of nitrogens with zero attached hydrogens (tertiary/aromatic N) is 2. The minimum Gasteiger partial charge on any atom is -0.496 e. The molecule has 1 aliphatic heterocycles. The summed E-state index contributed by atoms with van der Waals surface area (Å²) in [5, 5.41) is 3.20. The summed E-state index contributed by atoms with van der Waals surface area (Å²) in [4.78, 5) is 30.4. The molecule has 0 fully saturated rings. The minimum absolute atomic E-state index is 0.132. The summed E-state index contributed by atoms with van der Waals surface area (Å²) in [5.74, 6) is -0.0663. The number of halogens is 1. The molecule has 6 nitrogen and oxygen atoms in total. The van der Waals surface area contributed by atoms with Crippen LogP contribution >= 0.6 is 11.6 Å². The Labute approximate surface area is 205 Å². The highest BCUT2D eigenvalue weighted by Crippen LogP contribution is 2.37. The van der Waals surface area contributed by atoms with Gasteiger partial charge in [0.15, 0.2) is 0 Å². The molecule has 3 aromatic carbocycles. The predicted molar refractivity (Wildman–Crippen MR) is 136 cm³/mol. The molecule has 176 valence electrons. The number of nitrogens with one attached hydrogen (secondary N) is 1. The summed E-state index contributed by atoms with van der Waals surface area (Å²) in [6.07, 6.45) is 1.86. The first-order valence-electron chi connectivity index (χ1n) is 11.2. The van der Waals surface area contributed by atoms with Crippen LogP contribution in [-0.4, -0.2) is 44.5 Å². The zero-order chi connectivity index (χ0) is 24.2.